The average Bonchev–Trinajstić information content (AvgIpc) is 2.29. The Hall–Kier alpha value is -1.64. The summed E-state index contributed by atoms with van der Waals surface area (Å²) < 4.78 is 0. The lowest BCUT2D eigenvalue weighted by atomic mass is 10.0. The minimum absolute atomic E-state index is 0.0403. The van der Waals surface area contributed by atoms with Crippen molar-refractivity contribution in [2.24, 2.45) is 0 Å². The van der Waals surface area contributed by atoms with Crippen molar-refractivity contribution in [3.8, 4) is 0 Å². The number of hydrogen-bond acceptors (Lipinski definition) is 2. The highest BCUT2D eigenvalue weighted by molar-refractivity contribution is 5.94. The molecule has 3 nitrogen and oxygen atoms in total. The van der Waals surface area contributed by atoms with E-state index in [1.807, 2.05) is 38.1 Å². The monoisotopic (exact) mass is 233 g/mol. The van der Waals surface area contributed by atoms with Crippen LogP contribution in [0.5, 0.6) is 0 Å². The molecular weight excluding hydrogens is 214 g/mol. The number of carbonyl (C=O) groups is 2. The van der Waals surface area contributed by atoms with Crippen molar-refractivity contribution in [2.45, 2.75) is 33.7 Å². The molecule has 0 aliphatic rings. The van der Waals surface area contributed by atoms with Crippen LogP contribution in [0.25, 0.3) is 0 Å². The molecule has 1 atom stereocenters. The fourth-order valence-corrected chi connectivity index (χ4v) is 1.95. The Labute approximate surface area is 102 Å². The highest BCUT2D eigenvalue weighted by Crippen LogP contribution is 2.20. The van der Waals surface area contributed by atoms with Gasteiger partial charge < -0.3 is 4.90 Å². The van der Waals surface area contributed by atoms with Crippen LogP contribution in [0.3, 0.4) is 0 Å². The van der Waals surface area contributed by atoms with Crippen LogP contribution in [0.15, 0.2) is 24.3 Å². The predicted octanol–water partition coefficient (Wildman–Crippen LogP) is 2.82. The minimum atomic E-state index is 0.0403. The second-order valence-electron chi connectivity index (χ2n) is 4.16. The van der Waals surface area contributed by atoms with Crippen molar-refractivity contribution >= 4 is 11.7 Å². The van der Waals surface area contributed by atoms with E-state index >= 15 is 0 Å². The van der Waals surface area contributed by atoms with Gasteiger partial charge in [0.2, 0.25) is 5.91 Å². The van der Waals surface area contributed by atoms with Crippen LogP contribution in [-0.2, 0) is 4.79 Å². The Morgan fingerprint density at radius 3 is 2.06 bits per heavy atom. The van der Waals surface area contributed by atoms with Gasteiger partial charge in [0, 0.05) is 19.0 Å². The number of Topliss-reactive ketones (excluding diaryl/α,β-unsaturated/α-hetero) is 1. The largest absolute Gasteiger partial charge is 0.336 e. The van der Waals surface area contributed by atoms with Gasteiger partial charge in [0.1, 0.15) is 0 Å². The third-order valence-corrected chi connectivity index (χ3v) is 3.01. The molecule has 0 N–H and O–H groups in total. The Balaban J connectivity index is 2.92. The summed E-state index contributed by atoms with van der Waals surface area (Å²) in [5.74, 6) is 0.124. The quantitative estimate of drug-likeness (QED) is 0.750. The topological polar surface area (TPSA) is 37.4 Å². The van der Waals surface area contributed by atoms with Gasteiger partial charge >= 0.3 is 0 Å². The lowest BCUT2D eigenvalue weighted by molar-refractivity contribution is -0.130. The van der Waals surface area contributed by atoms with Gasteiger partial charge in [-0.2, -0.15) is 0 Å². The highest BCUT2D eigenvalue weighted by atomic mass is 16.2. The lowest BCUT2D eigenvalue weighted by Gasteiger charge is -2.27. The predicted molar refractivity (Wildman–Crippen MR) is 67.9 cm³/mol. The van der Waals surface area contributed by atoms with Gasteiger partial charge in [0.15, 0.2) is 5.78 Å². The smallest absolute Gasteiger partial charge is 0.219 e. The number of nitrogens with zero attached hydrogens (tertiary/aromatic N) is 1. The molecule has 0 saturated heterocycles. The molecule has 0 fully saturated rings. The van der Waals surface area contributed by atoms with Gasteiger partial charge in [-0.25, -0.2) is 0 Å². The maximum atomic E-state index is 11.4. The molecule has 17 heavy (non-hydrogen) atoms. The first-order chi connectivity index (χ1) is 7.97. The number of hydrogen-bond donors (Lipinski definition) is 0. The van der Waals surface area contributed by atoms with Crippen molar-refractivity contribution in [1.82, 2.24) is 4.90 Å². The third-order valence-electron chi connectivity index (χ3n) is 3.01. The molecule has 0 saturated carbocycles. The first kappa shape index (κ1) is 13.4. The second-order valence-corrected chi connectivity index (χ2v) is 4.16. The third kappa shape index (κ3) is 3.16. The number of amides is 1. The summed E-state index contributed by atoms with van der Waals surface area (Å²) in [6.45, 7) is 7.76. The molecule has 0 spiro atoms. The van der Waals surface area contributed by atoms with Gasteiger partial charge in [-0.1, -0.05) is 24.3 Å². The number of benzene rings is 1. The van der Waals surface area contributed by atoms with E-state index < -0.39 is 0 Å². The molecule has 3 heteroatoms. The van der Waals surface area contributed by atoms with Gasteiger partial charge in [-0.15, -0.1) is 0 Å². The molecule has 0 heterocycles. The van der Waals surface area contributed by atoms with Crippen molar-refractivity contribution in [2.75, 3.05) is 6.54 Å². The zero-order chi connectivity index (χ0) is 13.0. The van der Waals surface area contributed by atoms with E-state index in [2.05, 4.69) is 0 Å². The zero-order valence-corrected chi connectivity index (χ0v) is 10.9. The molecule has 1 rings (SSSR count). The number of carbonyl (C=O) groups excluding carboxylic acids is 2. The zero-order valence-electron chi connectivity index (χ0n) is 10.9. The minimum Gasteiger partial charge on any atom is -0.336 e. The van der Waals surface area contributed by atoms with Crippen LogP contribution in [-0.4, -0.2) is 23.1 Å². The summed E-state index contributed by atoms with van der Waals surface area (Å²) in [5.41, 5.74) is 1.75. The molecule has 92 valence electrons. The molecule has 0 bridgehead atoms. The second kappa shape index (κ2) is 5.62. The van der Waals surface area contributed by atoms with Crippen LogP contribution >= 0.6 is 0 Å². The summed E-state index contributed by atoms with van der Waals surface area (Å²) >= 11 is 0. The average molecular weight is 233 g/mol. The van der Waals surface area contributed by atoms with Gasteiger partial charge in [-0.3, -0.25) is 9.59 Å². The van der Waals surface area contributed by atoms with E-state index in [1.54, 1.807) is 18.7 Å². The van der Waals surface area contributed by atoms with E-state index in [0.717, 1.165) is 5.56 Å². The van der Waals surface area contributed by atoms with E-state index in [4.69, 9.17) is 0 Å². The Morgan fingerprint density at radius 1 is 1.18 bits per heavy atom. The molecule has 0 aliphatic carbocycles. The van der Waals surface area contributed by atoms with Crippen molar-refractivity contribution in [3.63, 3.8) is 0 Å². The van der Waals surface area contributed by atoms with Gasteiger partial charge in [0.05, 0.1) is 6.04 Å². The molecule has 1 unspecified atom stereocenters. The van der Waals surface area contributed by atoms with Crippen molar-refractivity contribution in [1.29, 1.82) is 0 Å². The molecule has 1 aromatic carbocycles. The normalized spacial score (nSPS) is 12.0. The van der Waals surface area contributed by atoms with E-state index in [-0.39, 0.29) is 17.7 Å². The standard InChI is InChI=1S/C14H19NO2/c1-5-15(12(4)17)10(2)13-6-8-14(9-7-13)11(3)16/h6-10H,5H2,1-4H3. The first-order valence-corrected chi connectivity index (χ1v) is 5.85. The van der Waals surface area contributed by atoms with Gasteiger partial charge in [0.25, 0.3) is 0 Å². The molecule has 1 aromatic rings. The number of ketones is 1. The number of rotatable bonds is 4. The summed E-state index contributed by atoms with van der Waals surface area (Å²) in [6, 6.07) is 7.48. The van der Waals surface area contributed by atoms with E-state index in [0.29, 0.717) is 12.1 Å². The van der Waals surface area contributed by atoms with Crippen LogP contribution in [0.4, 0.5) is 0 Å². The van der Waals surface area contributed by atoms with Crippen molar-refractivity contribution in [3.05, 3.63) is 35.4 Å². The van der Waals surface area contributed by atoms with Gasteiger partial charge in [-0.05, 0) is 26.3 Å². The lowest BCUT2D eigenvalue weighted by Crippen LogP contribution is -2.31. The molecule has 0 aromatic heterocycles. The summed E-state index contributed by atoms with van der Waals surface area (Å²) in [4.78, 5) is 24.4. The summed E-state index contributed by atoms with van der Waals surface area (Å²) in [5, 5.41) is 0. The fourth-order valence-electron chi connectivity index (χ4n) is 1.95. The van der Waals surface area contributed by atoms with Crippen LogP contribution in [0.2, 0.25) is 0 Å². The summed E-state index contributed by atoms with van der Waals surface area (Å²) in [7, 11) is 0. The molecule has 0 radical (unpaired) electrons. The fraction of sp³-hybridized carbons (Fsp3) is 0.429. The molecular formula is C14H19NO2. The van der Waals surface area contributed by atoms with Crippen LogP contribution in [0.1, 0.15) is 49.7 Å². The van der Waals surface area contributed by atoms with E-state index in [9.17, 15) is 9.59 Å². The highest BCUT2D eigenvalue weighted by Gasteiger charge is 2.16. The first-order valence-electron chi connectivity index (χ1n) is 5.85. The van der Waals surface area contributed by atoms with Crippen LogP contribution in [0, 0.1) is 0 Å². The Kier molecular flexibility index (Phi) is 4.44. The molecule has 0 aliphatic heterocycles. The Morgan fingerprint density at radius 2 is 1.71 bits per heavy atom. The van der Waals surface area contributed by atoms with Crippen LogP contribution < -0.4 is 0 Å². The SMILES string of the molecule is CCN(C(C)=O)C(C)c1ccc(C(C)=O)cc1. The van der Waals surface area contributed by atoms with Crippen molar-refractivity contribution < 1.29 is 9.59 Å². The molecule has 1 amide bonds. The maximum Gasteiger partial charge on any atom is 0.219 e. The van der Waals surface area contributed by atoms with E-state index in [1.165, 1.54) is 0 Å². The Bertz CT molecular complexity index is 409. The maximum absolute atomic E-state index is 11.4. The summed E-state index contributed by atoms with van der Waals surface area (Å²) in [6.07, 6.45) is 0.